The van der Waals surface area contributed by atoms with Crippen LogP contribution in [-0.2, 0) is 10.0 Å². The molecule has 0 saturated heterocycles. The van der Waals surface area contributed by atoms with Crippen LogP contribution in [-0.4, -0.2) is 38.8 Å². The van der Waals surface area contributed by atoms with Gasteiger partial charge in [0.15, 0.2) is 0 Å². The van der Waals surface area contributed by atoms with Gasteiger partial charge in [-0.25, -0.2) is 17.9 Å². The highest BCUT2D eigenvalue weighted by Crippen LogP contribution is 2.32. The van der Waals surface area contributed by atoms with Crippen LogP contribution < -0.4 is 14.4 Å². The van der Waals surface area contributed by atoms with Crippen LogP contribution in [0, 0.1) is 0 Å². The first-order valence-electron chi connectivity index (χ1n) is 5.90. The van der Waals surface area contributed by atoms with Crippen molar-refractivity contribution < 1.29 is 23.1 Å². The molecule has 2 rings (SSSR count). The molecule has 0 unspecified atom stereocenters. The number of urea groups is 1. The monoisotopic (exact) mass is 300 g/mol. The third-order valence-electron chi connectivity index (χ3n) is 2.70. The molecular formula is C12H16N2O5S. The summed E-state index contributed by atoms with van der Waals surface area (Å²) >= 11 is 0. The Kier molecular flexibility index (Phi) is 3.39. The minimum absolute atomic E-state index is 0.00945. The zero-order valence-corrected chi connectivity index (χ0v) is 12.2. The van der Waals surface area contributed by atoms with Gasteiger partial charge in [-0.15, -0.1) is 0 Å². The summed E-state index contributed by atoms with van der Waals surface area (Å²) in [5.74, 6) is 0.377. The number of rotatable bonds is 3. The molecule has 1 heterocycles. The van der Waals surface area contributed by atoms with Crippen molar-refractivity contribution in [3.05, 3.63) is 18.2 Å². The van der Waals surface area contributed by atoms with Crippen LogP contribution in [0.15, 0.2) is 23.1 Å². The SMILES string of the molecule is CN1C(=O)NS(=O)(=O)c2ccc(OCC(C)(C)O)cc21. The van der Waals surface area contributed by atoms with Gasteiger partial charge in [-0.05, 0) is 26.0 Å². The number of sulfonamides is 1. The van der Waals surface area contributed by atoms with Gasteiger partial charge in [-0.2, -0.15) is 0 Å². The second-order valence-corrected chi connectivity index (χ2v) is 6.85. The fourth-order valence-corrected chi connectivity index (χ4v) is 2.88. The van der Waals surface area contributed by atoms with Gasteiger partial charge in [0.05, 0.1) is 11.3 Å². The molecule has 0 fully saturated rings. The molecule has 1 aromatic carbocycles. The van der Waals surface area contributed by atoms with Gasteiger partial charge in [0, 0.05) is 13.1 Å². The standard InChI is InChI=1S/C12H16N2O5S/c1-12(2,16)7-19-8-4-5-10-9(6-8)14(3)11(15)13-20(10,17)18/h4-6,16H,7H2,1-3H3,(H,13,15). The summed E-state index contributed by atoms with van der Waals surface area (Å²) < 4.78 is 30.9. The third kappa shape index (κ3) is 2.86. The number of amides is 2. The topological polar surface area (TPSA) is 95.9 Å². The van der Waals surface area contributed by atoms with E-state index in [1.807, 2.05) is 4.72 Å². The van der Waals surface area contributed by atoms with E-state index in [0.717, 1.165) is 0 Å². The molecule has 2 amide bonds. The summed E-state index contributed by atoms with van der Waals surface area (Å²) in [5, 5.41) is 9.60. The van der Waals surface area contributed by atoms with E-state index in [4.69, 9.17) is 4.74 Å². The maximum absolute atomic E-state index is 11.8. The molecule has 1 aliphatic rings. The molecule has 2 N–H and O–H groups in total. The summed E-state index contributed by atoms with van der Waals surface area (Å²) in [6.07, 6.45) is 0. The Labute approximate surface area is 117 Å². The van der Waals surface area contributed by atoms with E-state index in [0.29, 0.717) is 5.75 Å². The molecule has 110 valence electrons. The molecule has 20 heavy (non-hydrogen) atoms. The summed E-state index contributed by atoms with van der Waals surface area (Å²) in [4.78, 5) is 12.8. The molecule has 0 spiro atoms. The normalized spacial score (nSPS) is 17.4. The van der Waals surface area contributed by atoms with E-state index in [1.54, 1.807) is 13.8 Å². The molecule has 0 saturated carbocycles. The number of benzene rings is 1. The van der Waals surface area contributed by atoms with Crippen LogP contribution in [0.2, 0.25) is 0 Å². The van der Waals surface area contributed by atoms with Gasteiger partial charge >= 0.3 is 6.03 Å². The van der Waals surface area contributed by atoms with Crippen molar-refractivity contribution in [2.24, 2.45) is 0 Å². The fourth-order valence-electron chi connectivity index (χ4n) is 1.68. The van der Waals surface area contributed by atoms with Gasteiger partial charge in [0.2, 0.25) is 0 Å². The highest BCUT2D eigenvalue weighted by atomic mass is 32.2. The van der Waals surface area contributed by atoms with E-state index in [1.165, 1.54) is 30.1 Å². The predicted octanol–water partition coefficient (Wildman–Crippen LogP) is 0.684. The van der Waals surface area contributed by atoms with Crippen molar-refractivity contribution in [2.45, 2.75) is 24.3 Å². The predicted molar refractivity (Wildman–Crippen MR) is 72.4 cm³/mol. The second-order valence-electron chi connectivity index (χ2n) is 5.20. The summed E-state index contributed by atoms with van der Waals surface area (Å²) in [5.41, 5.74) is -0.771. The van der Waals surface area contributed by atoms with Gasteiger partial charge in [0.25, 0.3) is 10.0 Å². The lowest BCUT2D eigenvalue weighted by Crippen LogP contribution is -2.45. The Balaban J connectivity index is 2.37. The van der Waals surface area contributed by atoms with Crippen LogP contribution in [0.4, 0.5) is 10.5 Å². The number of hydrogen-bond acceptors (Lipinski definition) is 5. The molecule has 0 aromatic heterocycles. The Bertz CT molecular complexity index is 648. The molecule has 1 aromatic rings. The Morgan fingerprint density at radius 2 is 2.05 bits per heavy atom. The first-order chi connectivity index (χ1) is 9.10. The van der Waals surface area contributed by atoms with Gasteiger partial charge in [-0.3, -0.25) is 4.90 Å². The lowest BCUT2D eigenvalue weighted by atomic mass is 10.2. The minimum Gasteiger partial charge on any atom is -0.491 e. The zero-order valence-electron chi connectivity index (χ0n) is 11.4. The fraction of sp³-hybridized carbons (Fsp3) is 0.417. The Morgan fingerprint density at radius 1 is 1.40 bits per heavy atom. The highest BCUT2D eigenvalue weighted by Gasteiger charge is 2.32. The third-order valence-corrected chi connectivity index (χ3v) is 4.07. The van der Waals surface area contributed by atoms with E-state index in [-0.39, 0.29) is 17.2 Å². The summed E-state index contributed by atoms with van der Waals surface area (Å²) in [7, 11) is -2.37. The summed E-state index contributed by atoms with van der Waals surface area (Å²) in [6, 6.07) is 3.57. The van der Waals surface area contributed by atoms with Gasteiger partial charge in [-0.1, -0.05) is 0 Å². The average molecular weight is 300 g/mol. The number of carbonyl (C=O) groups excluding carboxylic acids is 1. The molecule has 1 aliphatic heterocycles. The molecular weight excluding hydrogens is 284 g/mol. The highest BCUT2D eigenvalue weighted by molar-refractivity contribution is 7.90. The molecule has 0 radical (unpaired) electrons. The van der Waals surface area contributed by atoms with Crippen molar-refractivity contribution in [1.82, 2.24) is 4.72 Å². The van der Waals surface area contributed by atoms with E-state index in [2.05, 4.69) is 0 Å². The van der Waals surface area contributed by atoms with Crippen molar-refractivity contribution >= 4 is 21.7 Å². The molecule has 7 nitrogen and oxygen atoms in total. The van der Waals surface area contributed by atoms with Crippen LogP contribution in [0.3, 0.4) is 0 Å². The zero-order chi connectivity index (χ0) is 15.1. The maximum atomic E-state index is 11.8. The quantitative estimate of drug-likeness (QED) is 0.856. The number of nitrogens with zero attached hydrogens (tertiary/aromatic N) is 1. The first kappa shape index (κ1) is 14.6. The smallest absolute Gasteiger partial charge is 0.335 e. The lowest BCUT2D eigenvalue weighted by molar-refractivity contribution is 0.0285. The van der Waals surface area contributed by atoms with Crippen LogP contribution in [0.25, 0.3) is 0 Å². The van der Waals surface area contributed by atoms with E-state index < -0.39 is 21.7 Å². The van der Waals surface area contributed by atoms with Crippen molar-refractivity contribution in [3.63, 3.8) is 0 Å². The van der Waals surface area contributed by atoms with Crippen LogP contribution >= 0.6 is 0 Å². The minimum atomic E-state index is -3.83. The number of anilines is 1. The van der Waals surface area contributed by atoms with Crippen LogP contribution in [0.1, 0.15) is 13.8 Å². The average Bonchev–Trinajstić information content (AvgIpc) is 2.32. The number of ether oxygens (including phenoxy) is 1. The maximum Gasteiger partial charge on any atom is 0.335 e. The second kappa shape index (κ2) is 4.64. The number of carbonyl (C=O) groups is 1. The number of nitrogens with one attached hydrogen (secondary N) is 1. The molecule has 0 atom stereocenters. The van der Waals surface area contributed by atoms with E-state index >= 15 is 0 Å². The van der Waals surface area contributed by atoms with E-state index in [9.17, 15) is 18.3 Å². The number of hydrogen-bond donors (Lipinski definition) is 2. The number of aliphatic hydroxyl groups is 1. The van der Waals surface area contributed by atoms with Crippen molar-refractivity contribution in [1.29, 1.82) is 0 Å². The molecule has 0 aliphatic carbocycles. The summed E-state index contributed by atoms with van der Waals surface area (Å²) in [6.45, 7) is 3.24. The Hall–Kier alpha value is -1.80. The molecule has 8 heteroatoms. The van der Waals surface area contributed by atoms with Crippen molar-refractivity contribution in [2.75, 3.05) is 18.6 Å². The van der Waals surface area contributed by atoms with Gasteiger partial charge < -0.3 is 9.84 Å². The lowest BCUT2D eigenvalue weighted by Gasteiger charge is -2.27. The van der Waals surface area contributed by atoms with Crippen molar-refractivity contribution in [3.8, 4) is 5.75 Å². The Morgan fingerprint density at radius 3 is 2.65 bits per heavy atom. The van der Waals surface area contributed by atoms with Gasteiger partial charge in [0.1, 0.15) is 17.3 Å². The largest absolute Gasteiger partial charge is 0.491 e. The first-order valence-corrected chi connectivity index (χ1v) is 7.38. The number of fused-ring (bicyclic) bond motifs is 1. The van der Waals surface area contributed by atoms with Crippen LogP contribution in [0.5, 0.6) is 5.75 Å². The molecule has 0 bridgehead atoms.